The van der Waals surface area contributed by atoms with E-state index in [0.717, 1.165) is 44.2 Å². The van der Waals surface area contributed by atoms with E-state index in [9.17, 15) is 20.1 Å². The maximum absolute atomic E-state index is 12.4. The summed E-state index contributed by atoms with van der Waals surface area (Å²) in [5.41, 5.74) is 6.50. The van der Waals surface area contributed by atoms with Crippen molar-refractivity contribution in [3.8, 4) is 23.3 Å². The quantitative estimate of drug-likeness (QED) is 0.0734. The number of ether oxygens (including phenoxy) is 2. The Labute approximate surface area is 274 Å². The average molecular weight is 642 g/mol. The van der Waals surface area contributed by atoms with Crippen molar-refractivity contribution in [3.63, 3.8) is 0 Å². The van der Waals surface area contributed by atoms with Gasteiger partial charge in [-0.1, -0.05) is 24.3 Å². The Balaban J connectivity index is 1.77. The third-order valence-corrected chi connectivity index (χ3v) is 9.67. The number of aliphatic hydroxyl groups excluding tert-OH is 2. The maximum Gasteiger partial charge on any atom is 0.302 e. The van der Waals surface area contributed by atoms with E-state index in [0.29, 0.717) is 69.5 Å². The maximum atomic E-state index is 12.4. The highest BCUT2D eigenvalue weighted by molar-refractivity contribution is 5.77. The Morgan fingerprint density at radius 2 is 2.11 bits per heavy atom. The Morgan fingerprint density at radius 1 is 1.28 bits per heavy atom. The second-order valence-electron chi connectivity index (χ2n) is 13.5. The topological polar surface area (TPSA) is 171 Å². The number of carbonyl (C=O) groups excluding carboxylic acids is 1. The monoisotopic (exact) mass is 641 g/mol. The van der Waals surface area contributed by atoms with E-state index in [1.165, 1.54) is 6.92 Å². The van der Waals surface area contributed by atoms with Gasteiger partial charge in [-0.05, 0) is 89.1 Å². The van der Waals surface area contributed by atoms with Crippen LogP contribution in [0.15, 0.2) is 23.2 Å². The van der Waals surface area contributed by atoms with Crippen molar-refractivity contribution >= 4 is 11.9 Å². The van der Waals surface area contributed by atoms with E-state index in [-0.39, 0.29) is 29.7 Å². The number of fused-ring (bicyclic) bond motifs is 5. The standard InChI is InChI=1S/C35H55N5O6/c1-23(41)21-38-16-14-35(22-40-34(36)37-3)12-9-26-5-4-6-27-19-29(11-15-39-27)46-33-18-25(7-8-31(33)44)17-30(26)32(45-24(2)42)20-28(43)10-13-35/h7-8,18,23,26-30,32,38-39,41,43-44H,4-6,10-11,13-17,19-22H2,1-3H3,(H3,36,37,40)/t23-,26+,27-,28-,29+,30+,32-,35-/m0/s1. The number of aliphatic imine (C=N–C) groups is 1. The number of aromatic hydroxyl groups is 1. The molecule has 3 aliphatic rings. The van der Waals surface area contributed by atoms with E-state index in [4.69, 9.17) is 15.2 Å². The molecule has 8 atom stereocenters. The van der Waals surface area contributed by atoms with E-state index in [1.54, 1.807) is 20.0 Å². The van der Waals surface area contributed by atoms with Crippen molar-refractivity contribution in [3.05, 3.63) is 23.8 Å². The molecule has 1 aromatic carbocycles. The number of hydrogen-bond donors (Lipinski definition) is 7. The van der Waals surface area contributed by atoms with Gasteiger partial charge in [0.2, 0.25) is 0 Å². The van der Waals surface area contributed by atoms with Crippen LogP contribution in [0.25, 0.3) is 0 Å². The smallest absolute Gasteiger partial charge is 0.302 e. The lowest BCUT2D eigenvalue weighted by atomic mass is 9.73. The lowest BCUT2D eigenvalue weighted by molar-refractivity contribution is -0.152. The molecule has 0 spiro atoms. The first-order chi connectivity index (χ1) is 22.1. The predicted molar refractivity (Wildman–Crippen MR) is 178 cm³/mol. The first-order valence-corrected chi connectivity index (χ1v) is 17.0. The summed E-state index contributed by atoms with van der Waals surface area (Å²) < 4.78 is 12.3. The molecular weight excluding hydrogens is 586 g/mol. The molecule has 11 nitrogen and oxygen atoms in total. The molecule has 0 saturated carbocycles. The number of piperidine rings is 1. The van der Waals surface area contributed by atoms with Crippen LogP contribution in [0.5, 0.6) is 11.5 Å². The number of nitrogens with one attached hydrogen (secondary N) is 3. The minimum absolute atomic E-state index is 0.0206. The van der Waals surface area contributed by atoms with Crippen LogP contribution in [0.4, 0.5) is 0 Å². The van der Waals surface area contributed by atoms with Gasteiger partial charge in [-0.3, -0.25) is 9.79 Å². The molecule has 1 fully saturated rings. The zero-order chi connectivity index (χ0) is 33.1. The molecule has 4 rings (SSSR count). The molecule has 11 heteroatoms. The van der Waals surface area contributed by atoms with Gasteiger partial charge in [-0.25, -0.2) is 0 Å². The first-order valence-electron chi connectivity index (χ1n) is 17.0. The summed E-state index contributed by atoms with van der Waals surface area (Å²) in [5.74, 6) is 7.60. The van der Waals surface area contributed by atoms with E-state index < -0.39 is 23.7 Å². The third-order valence-electron chi connectivity index (χ3n) is 9.67. The molecule has 1 aromatic rings. The van der Waals surface area contributed by atoms with Crippen LogP contribution in [0.2, 0.25) is 0 Å². The van der Waals surface area contributed by atoms with Crippen LogP contribution in [-0.4, -0.2) is 90.9 Å². The number of aliphatic hydroxyl groups is 2. The van der Waals surface area contributed by atoms with Crippen molar-refractivity contribution in [1.82, 2.24) is 16.0 Å². The molecule has 1 aliphatic carbocycles. The first kappa shape index (κ1) is 35.8. The van der Waals surface area contributed by atoms with Crippen LogP contribution in [0, 0.1) is 29.1 Å². The van der Waals surface area contributed by atoms with E-state index in [2.05, 4.69) is 32.8 Å². The fourth-order valence-corrected chi connectivity index (χ4v) is 7.08. The van der Waals surface area contributed by atoms with Gasteiger partial charge in [-0.15, -0.1) is 0 Å². The second kappa shape index (κ2) is 17.2. The fourth-order valence-electron chi connectivity index (χ4n) is 7.08. The molecular formula is C35H55N5O6. The fraction of sp³-hybridized carbons (Fsp3) is 0.714. The van der Waals surface area contributed by atoms with Crippen LogP contribution < -0.4 is 26.4 Å². The molecule has 4 bridgehead atoms. The summed E-state index contributed by atoms with van der Waals surface area (Å²) in [6, 6.07) is 5.77. The Morgan fingerprint density at radius 3 is 2.87 bits per heavy atom. The van der Waals surface area contributed by atoms with Crippen LogP contribution in [0.1, 0.15) is 77.2 Å². The highest BCUT2D eigenvalue weighted by Crippen LogP contribution is 2.38. The molecule has 0 unspecified atom stereocenters. The molecule has 46 heavy (non-hydrogen) atoms. The average Bonchev–Trinajstić information content (AvgIpc) is 3.02. The number of esters is 1. The van der Waals surface area contributed by atoms with Gasteiger partial charge in [0.25, 0.3) is 0 Å². The third kappa shape index (κ3) is 10.8. The summed E-state index contributed by atoms with van der Waals surface area (Å²) >= 11 is 0. The number of hydrogen-bond acceptors (Lipinski definition) is 9. The molecule has 2 heterocycles. The summed E-state index contributed by atoms with van der Waals surface area (Å²) in [5, 5.41) is 42.1. The Kier molecular flexibility index (Phi) is 13.4. The molecule has 1 saturated heterocycles. The van der Waals surface area contributed by atoms with Gasteiger partial charge in [0.1, 0.15) is 12.2 Å². The van der Waals surface area contributed by atoms with Crippen molar-refractivity contribution in [2.45, 2.75) is 109 Å². The van der Waals surface area contributed by atoms with Gasteiger partial charge in [0.15, 0.2) is 17.5 Å². The van der Waals surface area contributed by atoms with Crippen molar-refractivity contribution in [2.75, 3.05) is 33.2 Å². The summed E-state index contributed by atoms with van der Waals surface area (Å²) in [6.45, 7) is 5.59. The van der Waals surface area contributed by atoms with Gasteiger partial charge in [0, 0.05) is 51.4 Å². The van der Waals surface area contributed by atoms with Crippen LogP contribution in [0.3, 0.4) is 0 Å². The van der Waals surface area contributed by atoms with E-state index >= 15 is 0 Å². The number of nitrogens with two attached hydrogens (primary N) is 1. The second-order valence-corrected chi connectivity index (χ2v) is 13.5. The predicted octanol–water partition coefficient (Wildman–Crippen LogP) is 2.21. The lowest BCUT2D eigenvalue weighted by Gasteiger charge is -2.36. The largest absolute Gasteiger partial charge is 0.504 e. The highest BCUT2D eigenvalue weighted by atomic mass is 16.5. The normalized spacial score (nSPS) is 31.2. The SMILES string of the molecule is CN=C(N)NC[C@@]1(CCNC[C@H](C)O)C#C[C@H]2CCC[C@H]3C[C@@H](CCN3)Oc3cc(ccc3O)C[C@H]2[C@@H](OC(C)=O)C[C@@H](O)CC1. The Hall–Kier alpha value is -3.04. The zero-order valence-electron chi connectivity index (χ0n) is 27.8. The Bertz CT molecular complexity index is 1230. The van der Waals surface area contributed by atoms with Crippen molar-refractivity contribution < 1.29 is 29.6 Å². The number of phenolic OH excluding ortho intramolecular Hbond substituents is 1. The number of phenols is 1. The number of benzene rings is 1. The molecule has 0 radical (unpaired) electrons. The van der Waals surface area contributed by atoms with E-state index in [1.807, 2.05) is 12.1 Å². The molecule has 0 amide bonds. The number of guanidine groups is 1. The lowest BCUT2D eigenvalue weighted by Crippen LogP contribution is -2.43. The summed E-state index contributed by atoms with van der Waals surface area (Å²) in [7, 11) is 1.64. The highest BCUT2D eigenvalue weighted by Gasteiger charge is 2.37. The number of carbonyl (C=O) groups is 1. The zero-order valence-corrected chi connectivity index (χ0v) is 27.8. The molecule has 256 valence electrons. The van der Waals surface area contributed by atoms with Gasteiger partial charge in [0.05, 0.1) is 17.6 Å². The summed E-state index contributed by atoms with van der Waals surface area (Å²) in [4.78, 5) is 16.5. The number of nitrogens with zero attached hydrogens (tertiary/aromatic N) is 1. The van der Waals surface area contributed by atoms with Crippen molar-refractivity contribution in [2.24, 2.45) is 28.0 Å². The minimum Gasteiger partial charge on any atom is -0.504 e. The van der Waals surface area contributed by atoms with Crippen LogP contribution >= 0.6 is 0 Å². The molecule has 2 aliphatic heterocycles. The van der Waals surface area contributed by atoms with Gasteiger partial charge in [-0.2, -0.15) is 0 Å². The van der Waals surface area contributed by atoms with Crippen LogP contribution in [-0.2, 0) is 16.0 Å². The van der Waals surface area contributed by atoms with Gasteiger partial charge >= 0.3 is 5.97 Å². The minimum atomic E-state index is -0.710. The molecule has 8 N–H and O–H groups in total. The van der Waals surface area contributed by atoms with Crippen molar-refractivity contribution in [1.29, 1.82) is 0 Å². The summed E-state index contributed by atoms with van der Waals surface area (Å²) in [6.07, 6.45) is 5.34. The van der Waals surface area contributed by atoms with Gasteiger partial charge < -0.3 is 46.5 Å². The molecule has 0 aromatic heterocycles. The number of rotatable bonds is 8.